The Morgan fingerprint density at radius 1 is 0.884 bits per heavy atom. The normalized spacial score (nSPS) is 19.6. The van der Waals surface area contributed by atoms with E-state index in [1.54, 1.807) is 23.9 Å². The van der Waals surface area contributed by atoms with Crippen molar-refractivity contribution in [3.63, 3.8) is 0 Å². The first kappa shape index (κ1) is 33.9. The summed E-state index contributed by atoms with van der Waals surface area (Å²) in [5.74, 6) is -4.95. The van der Waals surface area contributed by atoms with Gasteiger partial charge in [-0.15, -0.1) is 0 Å². The molecule has 4 rings (SSSR count). The van der Waals surface area contributed by atoms with Crippen LogP contribution in [0.15, 0.2) is 24.3 Å². The Morgan fingerprint density at radius 2 is 1.47 bits per heavy atom. The standard InChI is InChI=1S/C24H36N4O2.C6H8O7/c1-25(2)24(30)22-18-19-8-6-7-11-21(19)28(22)23(29)12-13-26-14-16-27(17-15-26)20-9-4-3-5-10-20;7-3(8)1-6(13,5(11)12)2-4(9)10/h6-8,11,20,22H,3-5,9-10,12-18H2,1-2H3;13H,1-2H2,(H,7,8)(H,9,10)(H,11,12). The predicted octanol–water partition coefficient (Wildman–Crippen LogP) is 1.12. The van der Waals surface area contributed by atoms with Gasteiger partial charge in [-0.2, -0.15) is 0 Å². The number of amides is 2. The number of rotatable bonds is 10. The third-order valence-electron chi connectivity index (χ3n) is 8.40. The molecule has 0 bridgehead atoms. The van der Waals surface area contributed by atoms with Crippen LogP contribution in [0.4, 0.5) is 5.69 Å². The van der Waals surface area contributed by atoms with E-state index in [2.05, 4.69) is 9.80 Å². The highest BCUT2D eigenvalue weighted by molar-refractivity contribution is 6.03. The minimum atomic E-state index is -2.74. The van der Waals surface area contributed by atoms with Crippen molar-refractivity contribution in [2.45, 2.75) is 75.5 Å². The number of hydrogen-bond acceptors (Lipinski definition) is 8. The number of aliphatic carboxylic acids is 3. The second-order valence-electron chi connectivity index (χ2n) is 11.7. The van der Waals surface area contributed by atoms with Crippen molar-refractivity contribution in [1.82, 2.24) is 14.7 Å². The summed E-state index contributed by atoms with van der Waals surface area (Å²) in [4.78, 5) is 64.9. The first-order valence-electron chi connectivity index (χ1n) is 14.8. The number of carbonyl (C=O) groups is 5. The number of piperazine rings is 1. The number of carbonyl (C=O) groups excluding carboxylic acids is 2. The Hall–Kier alpha value is -3.55. The van der Waals surface area contributed by atoms with Crippen molar-refractivity contribution >= 4 is 35.4 Å². The zero-order valence-electron chi connectivity index (χ0n) is 25.0. The van der Waals surface area contributed by atoms with E-state index in [0.29, 0.717) is 12.8 Å². The molecule has 1 saturated carbocycles. The number of anilines is 1. The van der Waals surface area contributed by atoms with Crippen LogP contribution in [-0.2, 0) is 30.4 Å². The van der Waals surface area contributed by atoms with Crippen LogP contribution in [0.2, 0.25) is 0 Å². The van der Waals surface area contributed by atoms with E-state index in [-0.39, 0.29) is 11.8 Å². The van der Waals surface area contributed by atoms with E-state index >= 15 is 0 Å². The molecular weight excluding hydrogens is 560 g/mol. The summed E-state index contributed by atoms with van der Waals surface area (Å²) in [5, 5.41) is 33.8. The Labute approximate surface area is 251 Å². The largest absolute Gasteiger partial charge is 0.481 e. The average molecular weight is 605 g/mol. The van der Waals surface area contributed by atoms with Crippen LogP contribution < -0.4 is 4.90 Å². The van der Waals surface area contributed by atoms with Crippen molar-refractivity contribution in [1.29, 1.82) is 0 Å². The quantitative estimate of drug-likeness (QED) is 0.301. The zero-order chi connectivity index (χ0) is 31.7. The molecule has 3 aliphatic rings. The molecule has 0 spiro atoms. The van der Waals surface area contributed by atoms with Crippen molar-refractivity contribution in [3.05, 3.63) is 29.8 Å². The van der Waals surface area contributed by atoms with Gasteiger partial charge in [0.15, 0.2) is 5.60 Å². The van der Waals surface area contributed by atoms with Gasteiger partial charge in [0.05, 0.1) is 12.8 Å². The number of fused-ring (bicyclic) bond motifs is 1. The number of carboxylic acids is 3. The first-order chi connectivity index (χ1) is 20.3. The number of para-hydroxylation sites is 1. The maximum Gasteiger partial charge on any atom is 0.336 e. The summed E-state index contributed by atoms with van der Waals surface area (Å²) in [5.41, 5.74) is -0.741. The maximum absolute atomic E-state index is 13.2. The SMILES string of the molecule is CN(C)C(=O)C1Cc2ccccc2N1C(=O)CCN1CCN(C2CCCCC2)CC1.O=C(O)CC(O)(CC(=O)O)C(=O)O. The summed E-state index contributed by atoms with van der Waals surface area (Å²) in [6, 6.07) is 8.30. The topological polar surface area (TPSA) is 179 Å². The lowest BCUT2D eigenvalue weighted by Crippen LogP contribution is -2.52. The second kappa shape index (κ2) is 15.3. The summed E-state index contributed by atoms with van der Waals surface area (Å²) in [6.45, 7) is 5.10. The summed E-state index contributed by atoms with van der Waals surface area (Å²) in [6.07, 6.45) is 5.65. The zero-order valence-corrected chi connectivity index (χ0v) is 25.0. The van der Waals surface area contributed by atoms with E-state index in [1.807, 2.05) is 24.3 Å². The van der Waals surface area contributed by atoms with Crippen molar-refractivity contribution in [2.24, 2.45) is 0 Å². The molecule has 1 aromatic rings. The fourth-order valence-corrected chi connectivity index (χ4v) is 6.08. The molecule has 13 nitrogen and oxygen atoms in total. The minimum Gasteiger partial charge on any atom is -0.481 e. The number of nitrogens with zero attached hydrogens (tertiary/aromatic N) is 4. The van der Waals surface area contributed by atoms with Crippen LogP contribution in [0.5, 0.6) is 0 Å². The molecule has 0 radical (unpaired) electrons. The third kappa shape index (κ3) is 9.22. The van der Waals surface area contributed by atoms with E-state index in [4.69, 9.17) is 20.4 Å². The van der Waals surface area contributed by atoms with E-state index in [0.717, 1.165) is 50.0 Å². The molecule has 238 valence electrons. The molecule has 1 unspecified atom stereocenters. The lowest BCUT2D eigenvalue weighted by atomic mass is 9.94. The number of carboxylic acid groups (broad SMARTS) is 3. The van der Waals surface area contributed by atoms with E-state index in [9.17, 15) is 24.0 Å². The molecule has 4 N–H and O–H groups in total. The van der Waals surface area contributed by atoms with Gasteiger partial charge in [-0.05, 0) is 24.5 Å². The first-order valence-corrected chi connectivity index (χ1v) is 14.8. The summed E-state index contributed by atoms with van der Waals surface area (Å²) < 4.78 is 0. The third-order valence-corrected chi connectivity index (χ3v) is 8.40. The maximum atomic E-state index is 13.2. The lowest BCUT2D eigenvalue weighted by molar-refractivity contribution is -0.170. The van der Waals surface area contributed by atoms with Gasteiger partial charge in [0.25, 0.3) is 0 Å². The Balaban J connectivity index is 0.000000331. The summed E-state index contributed by atoms with van der Waals surface area (Å²) in [7, 11) is 3.53. The second-order valence-corrected chi connectivity index (χ2v) is 11.7. The van der Waals surface area contributed by atoms with Crippen LogP contribution in [0.1, 0.15) is 56.9 Å². The molecule has 43 heavy (non-hydrogen) atoms. The Bertz CT molecular complexity index is 1140. The molecule has 1 saturated heterocycles. The highest BCUT2D eigenvalue weighted by atomic mass is 16.4. The van der Waals surface area contributed by atoms with Gasteiger partial charge in [0, 0.05) is 71.4 Å². The van der Waals surface area contributed by atoms with Gasteiger partial charge in [-0.1, -0.05) is 37.5 Å². The Morgan fingerprint density at radius 3 is 2.00 bits per heavy atom. The number of aliphatic hydroxyl groups is 1. The van der Waals surface area contributed by atoms with Crippen molar-refractivity contribution < 1.29 is 44.4 Å². The van der Waals surface area contributed by atoms with Crippen LogP contribution in [-0.4, -0.2) is 129 Å². The van der Waals surface area contributed by atoms with Gasteiger partial charge < -0.3 is 30.2 Å². The summed E-state index contributed by atoms with van der Waals surface area (Å²) >= 11 is 0. The predicted molar refractivity (Wildman–Crippen MR) is 157 cm³/mol. The molecular formula is C30H44N4O9. The minimum absolute atomic E-state index is 0.000598. The lowest BCUT2D eigenvalue weighted by Gasteiger charge is -2.40. The number of likely N-dealkylation sites (N-methyl/N-ethyl adjacent to an activating group) is 1. The number of hydrogen-bond donors (Lipinski definition) is 4. The highest BCUT2D eigenvalue weighted by Crippen LogP contribution is 2.33. The van der Waals surface area contributed by atoms with Gasteiger partial charge in [-0.3, -0.25) is 29.0 Å². The fraction of sp³-hybridized carbons (Fsp3) is 0.633. The van der Waals surface area contributed by atoms with E-state index in [1.165, 1.54) is 32.1 Å². The van der Waals surface area contributed by atoms with Crippen LogP contribution in [0, 0.1) is 0 Å². The van der Waals surface area contributed by atoms with Crippen molar-refractivity contribution in [2.75, 3.05) is 51.7 Å². The smallest absolute Gasteiger partial charge is 0.336 e. The van der Waals surface area contributed by atoms with Gasteiger partial charge in [-0.25, -0.2) is 4.79 Å². The van der Waals surface area contributed by atoms with Crippen molar-refractivity contribution in [3.8, 4) is 0 Å². The molecule has 2 heterocycles. The van der Waals surface area contributed by atoms with Crippen LogP contribution in [0.3, 0.4) is 0 Å². The molecule has 0 aromatic heterocycles. The molecule has 2 amide bonds. The fourth-order valence-electron chi connectivity index (χ4n) is 6.08. The molecule has 1 aromatic carbocycles. The molecule has 1 atom stereocenters. The molecule has 13 heteroatoms. The molecule has 2 aliphatic heterocycles. The average Bonchev–Trinajstić information content (AvgIpc) is 3.35. The number of benzene rings is 1. The van der Waals surface area contributed by atoms with Crippen LogP contribution >= 0.6 is 0 Å². The molecule has 2 fully saturated rings. The van der Waals surface area contributed by atoms with Crippen LogP contribution in [0.25, 0.3) is 0 Å². The highest BCUT2D eigenvalue weighted by Gasteiger charge is 2.41. The monoisotopic (exact) mass is 604 g/mol. The Kier molecular flexibility index (Phi) is 12.0. The van der Waals surface area contributed by atoms with E-state index < -0.39 is 42.4 Å². The molecule has 1 aliphatic carbocycles. The van der Waals surface area contributed by atoms with Gasteiger partial charge >= 0.3 is 17.9 Å². The van der Waals surface area contributed by atoms with Gasteiger partial charge in [0.1, 0.15) is 6.04 Å². The van der Waals surface area contributed by atoms with Gasteiger partial charge in [0.2, 0.25) is 11.8 Å².